The molecule has 35 heavy (non-hydrogen) atoms. The normalized spacial score (nSPS) is 21.8. The molecule has 1 aliphatic heterocycles. The zero-order valence-electron chi connectivity index (χ0n) is 20.9. The van der Waals surface area contributed by atoms with Gasteiger partial charge in [-0.25, -0.2) is 0 Å². The third kappa shape index (κ3) is 5.02. The highest BCUT2D eigenvalue weighted by molar-refractivity contribution is 6.09. The number of carbonyl (C=O) groups excluding carboxylic acids is 2. The lowest BCUT2D eigenvalue weighted by molar-refractivity contribution is -0.146. The van der Waals surface area contributed by atoms with E-state index in [0.717, 1.165) is 23.2 Å². The first kappa shape index (κ1) is 24.7. The van der Waals surface area contributed by atoms with Crippen LogP contribution in [0.2, 0.25) is 0 Å². The first-order valence-corrected chi connectivity index (χ1v) is 12.3. The molecule has 0 aromatic heterocycles. The van der Waals surface area contributed by atoms with Crippen molar-refractivity contribution in [3.8, 4) is 11.5 Å². The topological polar surface area (TPSA) is 74.2 Å². The van der Waals surface area contributed by atoms with E-state index in [1.807, 2.05) is 57.2 Å². The van der Waals surface area contributed by atoms with Crippen LogP contribution in [0.25, 0.3) is 0 Å². The molecule has 6 heteroatoms. The van der Waals surface area contributed by atoms with Crippen LogP contribution in [0.15, 0.2) is 64.8 Å². The van der Waals surface area contributed by atoms with E-state index in [1.165, 1.54) is 0 Å². The van der Waals surface area contributed by atoms with E-state index in [4.69, 9.17) is 19.2 Å². The minimum atomic E-state index is -0.667. The molecule has 0 fully saturated rings. The number of ether oxygens (including phenoxy) is 3. The van der Waals surface area contributed by atoms with Crippen LogP contribution in [0.5, 0.6) is 11.5 Å². The molecule has 6 nitrogen and oxygen atoms in total. The van der Waals surface area contributed by atoms with Gasteiger partial charge in [0.1, 0.15) is 5.92 Å². The maximum absolute atomic E-state index is 13.7. The number of aliphatic imine (C=N–C) groups is 1. The van der Waals surface area contributed by atoms with Crippen LogP contribution in [-0.2, 0) is 14.3 Å². The molecule has 1 unspecified atom stereocenters. The van der Waals surface area contributed by atoms with Crippen LogP contribution in [0.4, 0.5) is 0 Å². The first-order chi connectivity index (χ1) is 17.0. The quantitative estimate of drug-likeness (QED) is 0.463. The molecule has 0 spiro atoms. The number of hydrogen-bond acceptors (Lipinski definition) is 6. The number of Topliss-reactive ketones (excluding diaryl/α,β-unsaturated/α-hetero) is 1. The number of ketones is 1. The van der Waals surface area contributed by atoms with Crippen LogP contribution >= 0.6 is 0 Å². The largest absolute Gasteiger partial charge is 0.493 e. The van der Waals surface area contributed by atoms with E-state index in [1.54, 1.807) is 7.11 Å². The monoisotopic (exact) mass is 475 g/mol. The van der Waals surface area contributed by atoms with Crippen molar-refractivity contribution in [3.05, 3.63) is 70.9 Å². The summed E-state index contributed by atoms with van der Waals surface area (Å²) in [6.07, 6.45) is 1.77. The molecular formula is C29H33NO5. The Balaban J connectivity index is 1.81. The summed E-state index contributed by atoms with van der Waals surface area (Å²) in [6, 6.07) is 15.7. The second-order valence-electron chi connectivity index (χ2n) is 9.02. The third-order valence-corrected chi connectivity index (χ3v) is 6.71. The lowest BCUT2D eigenvalue weighted by atomic mass is 9.69. The van der Waals surface area contributed by atoms with Crippen molar-refractivity contribution < 1.29 is 23.8 Å². The molecule has 0 N–H and O–H groups in total. The molecule has 2 aromatic carbocycles. The molecule has 0 bridgehead atoms. The van der Waals surface area contributed by atoms with Crippen molar-refractivity contribution in [3.63, 3.8) is 0 Å². The molecule has 0 saturated carbocycles. The van der Waals surface area contributed by atoms with Gasteiger partial charge in [0, 0.05) is 29.3 Å². The predicted octanol–water partition coefficient (Wildman–Crippen LogP) is 5.62. The maximum Gasteiger partial charge on any atom is 0.315 e. The Morgan fingerprint density at radius 2 is 1.80 bits per heavy atom. The van der Waals surface area contributed by atoms with Crippen molar-refractivity contribution in [2.24, 2.45) is 10.9 Å². The first-order valence-electron chi connectivity index (χ1n) is 12.3. The average Bonchev–Trinajstić information content (AvgIpc) is 2.87. The van der Waals surface area contributed by atoms with Gasteiger partial charge in [-0.1, -0.05) is 43.3 Å². The van der Waals surface area contributed by atoms with Gasteiger partial charge in [0.2, 0.25) is 0 Å². The smallest absolute Gasteiger partial charge is 0.315 e. The lowest BCUT2D eigenvalue weighted by Gasteiger charge is -2.36. The van der Waals surface area contributed by atoms with Gasteiger partial charge >= 0.3 is 5.97 Å². The number of allylic oxidation sites excluding steroid dienone is 2. The standard InChI is InChI=1S/C29H33NO5/c1-5-14-35-29(32)26-18(3)30-22-15-21(19-10-8-7-9-11-19)16-23(31)28(22)27(26)20-12-13-24(34-6-2)25(17-20)33-4/h7-13,17,21,26-27H,5-6,14-16H2,1-4H3/t21-,26?,27+/m1/s1. The fourth-order valence-corrected chi connectivity index (χ4v) is 5.13. The summed E-state index contributed by atoms with van der Waals surface area (Å²) in [7, 11) is 1.59. The molecule has 2 aliphatic rings. The van der Waals surface area contributed by atoms with Crippen LogP contribution in [-0.4, -0.2) is 37.8 Å². The Hall–Kier alpha value is -3.41. The molecule has 0 radical (unpaired) electrons. The summed E-state index contributed by atoms with van der Waals surface area (Å²) in [6.45, 7) is 6.56. The van der Waals surface area contributed by atoms with Crippen LogP contribution in [0.1, 0.15) is 63.0 Å². The fraction of sp³-hybridized carbons (Fsp3) is 0.414. The number of methoxy groups -OCH3 is 1. The van der Waals surface area contributed by atoms with Gasteiger partial charge in [-0.15, -0.1) is 0 Å². The van der Waals surface area contributed by atoms with E-state index < -0.39 is 11.8 Å². The average molecular weight is 476 g/mol. The van der Waals surface area contributed by atoms with E-state index in [2.05, 4.69) is 12.1 Å². The van der Waals surface area contributed by atoms with Gasteiger partial charge in [0.25, 0.3) is 0 Å². The Morgan fingerprint density at radius 1 is 1.03 bits per heavy atom. The molecule has 184 valence electrons. The van der Waals surface area contributed by atoms with Gasteiger partial charge in [-0.2, -0.15) is 0 Å². The van der Waals surface area contributed by atoms with E-state index in [0.29, 0.717) is 48.8 Å². The number of rotatable bonds is 8. The van der Waals surface area contributed by atoms with Gasteiger partial charge in [-0.05, 0) is 55.9 Å². The Morgan fingerprint density at radius 3 is 2.49 bits per heavy atom. The molecule has 4 rings (SSSR count). The van der Waals surface area contributed by atoms with Crippen molar-refractivity contribution in [1.82, 2.24) is 0 Å². The highest BCUT2D eigenvalue weighted by atomic mass is 16.5. The fourth-order valence-electron chi connectivity index (χ4n) is 5.13. The minimum absolute atomic E-state index is 0.0301. The van der Waals surface area contributed by atoms with Gasteiger partial charge < -0.3 is 14.2 Å². The molecule has 1 aliphatic carbocycles. The Bertz CT molecular complexity index is 1150. The number of carbonyl (C=O) groups is 2. The zero-order chi connectivity index (χ0) is 24.9. The highest BCUT2D eigenvalue weighted by Gasteiger charge is 2.45. The number of nitrogens with zero attached hydrogens (tertiary/aromatic N) is 1. The summed E-state index contributed by atoms with van der Waals surface area (Å²) in [5.74, 6) is -0.215. The van der Waals surface area contributed by atoms with Crippen LogP contribution in [0.3, 0.4) is 0 Å². The van der Waals surface area contributed by atoms with Gasteiger partial charge in [-0.3, -0.25) is 14.6 Å². The summed E-state index contributed by atoms with van der Waals surface area (Å²) in [5.41, 5.74) is 4.00. The van der Waals surface area contributed by atoms with E-state index in [-0.39, 0.29) is 17.7 Å². The Labute approximate surface area is 207 Å². The summed E-state index contributed by atoms with van der Waals surface area (Å²) in [5, 5.41) is 0. The molecule has 0 amide bonds. The lowest BCUT2D eigenvalue weighted by Crippen LogP contribution is -2.38. The van der Waals surface area contributed by atoms with E-state index in [9.17, 15) is 9.59 Å². The van der Waals surface area contributed by atoms with Crippen molar-refractivity contribution in [2.45, 2.75) is 51.9 Å². The van der Waals surface area contributed by atoms with Gasteiger partial charge in [0.15, 0.2) is 17.3 Å². The van der Waals surface area contributed by atoms with Crippen molar-refractivity contribution in [2.75, 3.05) is 20.3 Å². The van der Waals surface area contributed by atoms with Crippen LogP contribution in [0, 0.1) is 5.92 Å². The summed E-state index contributed by atoms with van der Waals surface area (Å²) < 4.78 is 16.8. The summed E-state index contributed by atoms with van der Waals surface area (Å²) in [4.78, 5) is 31.7. The molecule has 0 saturated heterocycles. The van der Waals surface area contributed by atoms with Crippen LogP contribution < -0.4 is 9.47 Å². The van der Waals surface area contributed by atoms with E-state index >= 15 is 0 Å². The second kappa shape index (κ2) is 10.9. The maximum atomic E-state index is 13.7. The molecule has 2 aromatic rings. The van der Waals surface area contributed by atoms with Crippen molar-refractivity contribution in [1.29, 1.82) is 0 Å². The second-order valence-corrected chi connectivity index (χ2v) is 9.02. The highest BCUT2D eigenvalue weighted by Crippen LogP contribution is 2.48. The number of benzene rings is 2. The SMILES string of the molecule is CCCOC(=O)C1C(C)=NC2=C(C(=O)C[C@H](c3ccccc3)C2)[C@H]1c1ccc(OCC)c(OC)c1. The minimum Gasteiger partial charge on any atom is -0.493 e. The molecular weight excluding hydrogens is 442 g/mol. The number of hydrogen-bond donors (Lipinski definition) is 0. The predicted molar refractivity (Wildman–Crippen MR) is 135 cm³/mol. The molecule has 3 atom stereocenters. The summed E-state index contributed by atoms with van der Waals surface area (Å²) >= 11 is 0. The Kier molecular flexibility index (Phi) is 7.69. The van der Waals surface area contributed by atoms with Crippen molar-refractivity contribution >= 4 is 17.5 Å². The third-order valence-electron chi connectivity index (χ3n) is 6.71. The number of esters is 1. The van der Waals surface area contributed by atoms with Gasteiger partial charge in [0.05, 0.1) is 20.3 Å². The molecule has 1 heterocycles. The zero-order valence-corrected chi connectivity index (χ0v) is 20.9.